The van der Waals surface area contributed by atoms with Gasteiger partial charge in [0, 0.05) is 106 Å². The molecule has 4 aromatic carbocycles. The van der Waals surface area contributed by atoms with Gasteiger partial charge in [-0.3, -0.25) is 18.7 Å². The third kappa shape index (κ3) is 13.9. The molecule has 8 heterocycles. The SMILES string of the molecule is CN(C)C(=O)C1CCN(c2cccc(-c3ccc4nc(-c5cccnc5N)n(-c5ccc(C6(N)CCC6)cc5)c4n3)c2)C1.CN(C)C(=O)C1CCN(c2cccc(-c3ccc4nc(-c5cccnc5N)n(-c5ccc(C6(NC(=O)OC(C)(C)C)CCC6)cc5)c4n3)c2)C1.Cl.Cl.Cl. The zero-order chi connectivity index (χ0) is 64.9. The maximum atomic E-state index is 12.8. The number of hydrogen-bond donors (Lipinski definition) is 4. The van der Waals surface area contributed by atoms with Gasteiger partial charge in [0.25, 0.3) is 0 Å². The summed E-state index contributed by atoms with van der Waals surface area (Å²) in [5, 5.41) is 3.15. The molecule has 0 spiro atoms. The molecule has 2 saturated carbocycles. The average Bonchev–Trinajstić information content (AvgIpc) is 1.52. The second kappa shape index (κ2) is 28.2. The monoisotopic (exact) mass is 1350 g/mol. The Morgan fingerprint density at radius 2 is 0.979 bits per heavy atom. The van der Waals surface area contributed by atoms with Gasteiger partial charge in [-0.1, -0.05) is 48.5 Å². The van der Waals surface area contributed by atoms with E-state index >= 15 is 0 Å². The van der Waals surface area contributed by atoms with Crippen molar-refractivity contribution in [3.8, 4) is 56.7 Å². The van der Waals surface area contributed by atoms with Gasteiger partial charge in [0.1, 0.15) is 28.3 Å². The van der Waals surface area contributed by atoms with Crippen molar-refractivity contribution >= 4 is 100 Å². The molecule has 0 radical (unpaired) electrons. The summed E-state index contributed by atoms with van der Waals surface area (Å²) in [6, 6.07) is 48.9. The van der Waals surface area contributed by atoms with Gasteiger partial charge in [-0.2, -0.15) is 0 Å². The molecule has 2 aliphatic heterocycles. The Morgan fingerprint density at radius 1 is 0.542 bits per heavy atom. The number of ether oxygens (including phenoxy) is 1. The summed E-state index contributed by atoms with van der Waals surface area (Å²) in [4.78, 5) is 74.9. The summed E-state index contributed by atoms with van der Waals surface area (Å²) in [5.41, 5.74) is 32.2. The van der Waals surface area contributed by atoms with E-state index in [1.807, 2.05) is 120 Å². The summed E-state index contributed by atoms with van der Waals surface area (Å²) in [5.74, 6) is 2.48. The average molecular weight is 1350 g/mol. The third-order valence-electron chi connectivity index (χ3n) is 18.7. The van der Waals surface area contributed by atoms with Crippen LogP contribution in [0.3, 0.4) is 0 Å². The summed E-state index contributed by atoms with van der Waals surface area (Å²) < 4.78 is 9.68. The lowest BCUT2D eigenvalue weighted by Crippen LogP contribution is -2.52. The largest absolute Gasteiger partial charge is 0.444 e. The maximum absolute atomic E-state index is 12.8. The Hall–Kier alpha value is -9.34. The topological polar surface area (TPSA) is 251 Å². The highest BCUT2D eigenvalue weighted by atomic mass is 35.5. The van der Waals surface area contributed by atoms with Crippen LogP contribution in [0, 0.1) is 11.8 Å². The molecule has 2 aliphatic carbocycles. The van der Waals surface area contributed by atoms with Crippen LogP contribution in [0.5, 0.6) is 0 Å². The van der Waals surface area contributed by atoms with Crippen LogP contribution in [-0.4, -0.2) is 127 Å². The van der Waals surface area contributed by atoms with Crippen LogP contribution < -0.4 is 32.3 Å². The molecule has 2 saturated heterocycles. The Morgan fingerprint density at radius 3 is 1.36 bits per heavy atom. The van der Waals surface area contributed by atoms with Gasteiger partial charge in [0.2, 0.25) is 11.8 Å². The molecule has 20 nitrogen and oxygen atoms in total. The molecule has 96 heavy (non-hydrogen) atoms. The minimum absolute atomic E-state index is 0. The van der Waals surface area contributed by atoms with Gasteiger partial charge in [0.05, 0.1) is 39.9 Å². The van der Waals surface area contributed by atoms with Crippen molar-refractivity contribution in [2.75, 3.05) is 75.6 Å². The number of nitrogens with two attached hydrogens (primary N) is 3. The number of amides is 3. The molecule has 4 aliphatic rings. The first-order chi connectivity index (χ1) is 44.7. The van der Waals surface area contributed by atoms with Crippen molar-refractivity contribution < 1.29 is 19.1 Å². The number of imidazole rings is 2. The molecule has 7 N–H and O–H groups in total. The molecule has 10 aromatic rings. The predicted octanol–water partition coefficient (Wildman–Crippen LogP) is 12.8. The van der Waals surface area contributed by atoms with Gasteiger partial charge < -0.3 is 46.9 Å². The van der Waals surface area contributed by atoms with E-state index in [0.29, 0.717) is 41.0 Å². The quantitative estimate of drug-likeness (QED) is 0.0838. The number of carbonyl (C=O) groups excluding carboxylic acids is 3. The van der Waals surface area contributed by atoms with Crippen LogP contribution in [0.4, 0.5) is 27.8 Å². The first-order valence-corrected chi connectivity index (χ1v) is 32.1. The van der Waals surface area contributed by atoms with E-state index in [9.17, 15) is 14.4 Å². The highest BCUT2D eigenvalue weighted by molar-refractivity contribution is 5.88. The van der Waals surface area contributed by atoms with Crippen molar-refractivity contribution in [3.05, 3.63) is 169 Å². The first-order valence-electron chi connectivity index (χ1n) is 32.1. The molecule has 3 amide bonds. The van der Waals surface area contributed by atoms with Crippen LogP contribution >= 0.6 is 37.2 Å². The minimum atomic E-state index is -0.581. The van der Waals surface area contributed by atoms with E-state index < -0.39 is 17.2 Å². The number of pyridine rings is 4. The van der Waals surface area contributed by atoms with E-state index in [1.165, 1.54) is 0 Å². The van der Waals surface area contributed by atoms with Gasteiger partial charge >= 0.3 is 6.09 Å². The predicted molar refractivity (Wildman–Crippen MR) is 388 cm³/mol. The first kappa shape index (κ1) is 69.5. The fraction of sp³-hybridized carbons (Fsp3) is 0.329. The summed E-state index contributed by atoms with van der Waals surface area (Å²) in [6.07, 6.45) is 10.5. The Labute approximate surface area is 578 Å². The van der Waals surface area contributed by atoms with E-state index in [1.54, 1.807) is 22.2 Å². The number of anilines is 4. The van der Waals surface area contributed by atoms with E-state index in [-0.39, 0.29) is 66.4 Å². The molecule has 23 heteroatoms. The molecule has 14 rings (SSSR count). The van der Waals surface area contributed by atoms with Crippen molar-refractivity contribution in [2.24, 2.45) is 17.6 Å². The lowest BCUT2D eigenvalue weighted by molar-refractivity contribution is -0.132. The fourth-order valence-corrected chi connectivity index (χ4v) is 13.4. The number of fused-ring (bicyclic) bond motifs is 2. The molecule has 2 atom stereocenters. The van der Waals surface area contributed by atoms with E-state index in [2.05, 4.69) is 109 Å². The molecule has 500 valence electrons. The number of carbonyl (C=O) groups is 3. The maximum Gasteiger partial charge on any atom is 0.408 e. The van der Waals surface area contributed by atoms with Crippen LogP contribution in [-0.2, 0) is 25.4 Å². The number of nitrogen functional groups attached to an aromatic ring is 2. The number of nitrogens with one attached hydrogen (secondary N) is 1. The fourth-order valence-electron chi connectivity index (χ4n) is 13.4. The van der Waals surface area contributed by atoms with Gasteiger partial charge in [-0.25, -0.2) is 34.7 Å². The van der Waals surface area contributed by atoms with Crippen molar-refractivity contribution in [1.82, 2.24) is 54.2 Å². The molecular weight excluding hydrogens is 1270 g/mol. The van der Waals surface area contributed by atoms with Gasteiger partial charge in [0.15, 0.2) is 22.9 Å². The lowest BCUT2D eigenvalue weighted by atomic mass is 9.72. The second-order valence-corrected chi connectivity index (χ2v) is 26.6. The Balaban J connectivity index is 0.000000204. The Kier molecular flexibility index (Phi) is 20.4. The molecule has 6 aromatic heterocycles. The number of aromatic nitrogens is 8. The second-order valence-electron chi connectivity index (χ2n) is 26.6. The van der Waals surface area contributed by atoms with E-state index in [0.717, 1.165) is 150 Å². The highest BCUT2D eigenvalue weighted by Gasteiger charge is 2.42. The highest BCUT2D eigenvalue weighted by Crippen LogP contribution is 2.44. The summed E-state index contributed by atoms with van der Waals surface area (Å²) in [6.45, 7) is 8.69. The van der Waals surface area contributed by atoms with Crippen molar-refractivity contribution in [3.63, 3.8) is 0 Å². The van der Waals surface area contributed by atoms with Crippen LogP contribution in [0.25, 0.3) is 79.0 Å². The van der Waals surface area contributed by atoms with Crippen molar-refractivity contribution in [2.45, 2.75) is 88.8 Å². The van der Waals surface area contributed by atoms with Gasteiger partial charge in [-0.05, 0) is 180 Å². The number of hydrogen-bond acceptors (Lipinski definition) is 15. The number of halogens is 3. The zero-order valence-electron chi connectivity index (χ0n) is 55.1. The number of benzene rings is 4. The number of alkyl carbamates (subject to hydrolysis) is 1. The lowest BCUT2D eigenvalue weighted by Gasteiger charge is -2.43. The molecular formula is C73H83Cl3N16O4. The zero-order valence-corrected chi connectivity index (χ0v) is 57.6. The van der Waals surface area contributed by atoms with E-state index in [4.69, 9.17) is 41.9 Å². The smallest absolute Gasteiger partial charge is 0.408 e. The van der Waals surface area contributed by atoms with Crippen LogP contribution in [0.2, 0.25) is 0 Å². The van der Waals surface area contributed by atoms with Gasteiger partial charge in [-0.15, -0.1) is 37.2 Å². The number of nitrogens with zero attached hydrogens (tertiary/aromatic N) is 12. The minimum Gasteiger partial charge on any atom is -0.444 e. The standard InChI is InChI=1S/C39H44N8O3.C34H36N8O.3ClH/c1-38(2,3)50-37(49)44-39(19-8-20-39)27-12-14-28(15-13-27)47-34(30-11-7-21-41-33(30)40)43-32-17-16-31(42-35(32)47)25-9-6-10-29(23-25)46-22-18-26(24-46)36(48)45(4)5;1-40(2)33(43)23-15-19-41(21-23)26-7-3-6-22(20-26)28-13-14-29-32(38-28)42(31(39-29)27-8-4-18-37-30(27)35)25-11-9-24(10-12-25)34(36)16-5-17-34;;;/h6-7,9-17,21,23,26H,8,18-20,22,24H2,1-5H3,(H2,40,41)(H,44,49);3-4,6-14,18,20,23H,5,15-17,19,21,36H2,1-2H3,(H2,35,37);3*1H. The van der Waals surface area contributed by atoms with Crippen LogP contribution in [0.1, 0.15) is 83.3 Å². The summed E-state index contributed by atoms with van der Waals surface area (Å²) >= 11 is 0. The van der Waals surface area contributed by atoms with Crippen LogP contribution in [0.15, 0.2) is 158 Å². The van der Waals surface area contributed by atoms with Crippen molar-refractivity contribution in [1.29, 1.82) is 0 Å². The Bertz CT molecular complexity index is 4470. The molecule has 4 fully saturated rings. The third-order valence-corrected chi connectivity index (χ3v) is 18.7. The molecule has 2 unspecified atom stereocenters. The number of rotatable bonds is 13. The molecule has 0 bridgehead atoms. The summed E-state index contributed by atoms with van der Waals surface area (Å²) in [7, 11) is 7.28. The normalized spacial score (nSPS) is 16.8.